The number of carbonyl (C=O) groups is 1. The average Bonchev–Trinajstić information content (AvgIpc) is 2.70. The molecular formula is C21H16FN5O. The van der Waals surface area contributed by atoms with E-state index in [0.29, 0.717) is 17.2 Å². The van der Waals surface area contributed by atoms with Crippen LogP contribution >= 0.6 is 0 Å². The number of benzene rings is 2. The summed E-state index contributed by atoms with van der Waals surface area (Å²) in [5.74, 6) is 0.187. The van der Waals surface area contributed by atoms with Crippen LogP contribution in [0.1, 0.15) is 5.56 Å². The molecule has 0 radical (unpaired) electrons. The summed E-state index contributed by atoms with van der Waals surface area (Å²) in [4.78, 5) is 16.5. The number of nitrogens with one attached hydrogen (secondary N) is 2. The maximum absolute atomic E-state index is 13.2. The summed E-state index contributed by atoms with van der Waals surface area (Å²) in [7, 11) is 0. The topological polar surface area (TPSA) is 79.8 Å². The fourth-order valence-corrected chi connectivity index (χ4v) is 2.83. The number of pyridine rings is 1. The molecule has 0 bridgehead atoms. The van der Waals surface area contributed by atoms with Gasteiger partial charge in [-0.15, -0.1) is 10.2 Å². The molecule has 138 valence electrons. The first kappa shape index (κ1) is 17.5. The van der Waals surface area contributed by atoms with Crippen molar-refractivity contribution in [3.05, 3.63) is 84.3 Å². The van der Waals surface area contributed by atoms with Gasteiger partial charge in [-0.25, -0.2) is 4.39 Å². The smallest absolute Gasteiger partial charge is 0.229 e. The first-order valence-corrected chi connectivity index (χ1v) is 8.66. The van der Waals surface area contributed by atoms with Crippen molar-refractivity contribution < 1.29 is 9.18 Å². The van der Waals surface area contributed by atoms with Crippen molar-refractivity contribution in [2.45, 2.75) is 6.42 Å². The highest BCUT2D eigenvalue weighted by Crippen LogP contribution is 2.23. The van der Waals surface area contributed by atoms with Gasteiger partial charge >= 0.3 is 0 Å². The molecule has 2 aromatic heterocycles. The number of carbonyl (C=O) groups excluding carboxylic acids is 1. The second-order valence-corrected chi connectivity index (χ2v) is 6.16. The Kier molecular flexibility index (Phi) is 4.88. The normalized spacial score (nSPS) is 10.6. The Hall–Kier alpha value is -3.87. The van der Waals surface area contributed by atoms with Gasteiger partial charge in [0, 0.05) is 11.6 Å². The summed E-state index contributed by atoms with van der Waals surface area (Å²) in [6.07, 6.45) is 1.79. The minimum atomic E-state index is -0.372. The van der Waals surface area contributed by atoms with Crippen LogP contribution in [0.25, 0.3) is 10.9 Å². The lowest BCUT2D eigenvalue weighted by Gasteiger charge is -2.09. The maximum atomic E-state index is 13.2. The minimum Gasteiger partial charge on any atom is -0.337 e. The summed E-state index contributed by atoms with van der Waals surface area (Å²) < 4.78 is 13.2. The largest absolute Gasteiger partial charge is 0.337 e. The van der Waals surface area contributed by atoms with Gasteiger partial charge in [0.05, 0.1) is 17.6 Å². The molecule has 1 amide bonds. The third kappa shape index (κ3) is 4.09. The Morgan fingerprint density at radius 1 is 0.929 bits per heavy atom. The zero-order valence-corrected chi connectivity index (χ0v) is 14.8. The van der Waals surface area contributed by atoms with Gasteiger partial charge in [0.15, 0.2) is 11.6 Å². The van der Waals surface area contributed by atoms with E-state index in [0.717, 1.165) is 16.6 Å². The number of fused-ring (bicyclic) bond motifs is 1. The van der Waals surface area contributed by atoms with Gasteiger partial charge in [0.2, 0.25) is 5.91 Å². The zero-order chi connectivity index (χ0) is 19.3. The Bertz CT molecular complexity index is 1130. The van der Waals surface area contributed by atoms with Gasteiger partial charge < -0.3 is 10.6 Å². The lowest BCUT2D eigenvalue weighted by Crippen LogP contribution is -2.15. The van der Waals surface area contributed by atoms with Gasteiger partial charge in [0.25, 0.3) is 0 Å². The Morgan fingerprint density at radius 3 is 2.54 bits per heavy atom. The number of amides is 1. The van der Waals surface area contributed by atoms with Crippen LogP contribution in [0.15, 0.2) is 72.9 Å². The van der Waals surface area contributed by atoms with Crippen molar-refractivity contribution in [3.8, 4) is 0 Å². The number of para-hydroxylation sites is 1. The lowest BCUT2D eigenvalue weighted by molar-refractivity contribution is -0.115. The average molecular weight is 373 g/mol. The number of hydrogen-bond donors (Lipinski definition) is 2. The fraction of sp³-hybridized carbons (Fsp3) is 0.0476. The predicted molar refractivity (Wildman–Crippen MR) is 106 cm³/mol. The Morgan fingerprint density at radius 2 is 1.71 bits per heavy atom. The second kappa shape index (κ2) is 7.79. The van der Waals surface area contributed by atoms with Crippen LogP contribution in [0, 0.1) is 5.82 Å². The molecule has 7 heteroatoms. The minimum absolute atomic E-state index is 0.0567. The van der Waals surface area contributed by atoms with E-state index in [4.69, 9.17) is 0 Å². The molecule has 0 unspecified atom stereocenters. The third-order valence-electron chi connectivity index (χ3n) is 4.08. The molecule has 4 aromatic rings. The van der Waals surface area contributed by atoms with E-state index in [1.807, 2.05) is 30.3 Å². The van der Waals surface area contributed by atoms with E-state index < -0.39 is 0 Å². The van der Waals surface area contributed by atoms with E-state index in [1.54, 1.807) is 30.5 Å². The van der Waals surface area contributed by atoms with E-state index in [9.17, 15) is 9.18 Å². The molecule has 0 aliphatic carbocycles. The van der Waals surface area contributed by atoms with Gasteiger partial charge in [-0.1, -0.05) is 30.3 Å². The molecule has 2 heterocycles. The van der Waals surface area contributed by atoms with Crippen LogP contribution in [0.5, 0.6) is 0 Å². The number of nitrogens with zero attached hydrogens (tertiary/aromatic N) is 3. The maximum Gasteiger partial charge on any atom is 0.229 e. The second-order valence-electron chi connectivity index (χ2n) is 6.16. The van der Waals surface area contributed by atoms with Crippen molar-refractivity contribution in [1.82, 2.24) is 15.2 Å². The van der Waals surface area contributed by atoms with Gasteiger partial charge in [-0.3, -0.25) is 9.78 Å². The zero-order valence-electron chi connectivity index (χ0n) is 14.8. The molecule has 0 fully saturated rings. The van der Waals surface area contributed by atoms with Gasteiger partial charge in [0.1, 0.15) is 5.82 Å². The van der Waals surface area contributed by atoms with Crippen LogP contribution < -0.4 is 10.6 Å². The van der Waals surface area contributed by atoms with Crippen molar-refractivity contribution in [1.29, 1.82) is 0 Å². The van der Waals surface area contributed by atoms with E-state index in [-0.39, 0.29) is 18.1 Å². The molecule has 0 saturated carbocycles. The fourth-order valence-electron chi connectivity index (χ4n) is 2.83. The first-order chi connectivity index (χ1) is 13.7. The summed E-state index contributed by atoms with van der Waals surface area (Å²) in [6, 6.07) is 19.0. The van der Waals surface area contributed by atoms with Crippen LogP contribution in [-0.4, -0.2) is 21.1 Å². The molecule has 4 rings (SSSR count). The first-order valence-electron chi connectivity index (χ1n) is 8.66. The summed E-state index contributed by atoms with van der Waals surface area (Å²) in [5.41, 5.74) is 2.24. The number of halogens is 1. The van der Waals surface area contributed by atoms with Crippen molar-refractivity contribution in [2.75, 3.05) is 10.6 Å². The summed E-state index contributed by atoms with van der Waals surface area (Å²) >= 11 is 0. The molecule has 0 saturated heterocycles. The lowest BCUT2D eigenvalue weighted by atomic mass is 10.1. The molecule has 0 atom stereocenters. The quantitative estimate of drug-likeness (QED) is 0.551. The third-order valence-corrected chi connectivity index (χ3v) is 4.08. The van der Waals surface area contributed by atoms with E-state index in [1.165, 1.54) is 12.1 Å². The molecule has 28 heavy (non-hydrogen) atoms. The Labute approximate surface area is 160 Å². The van der Waals surface area contributed by atoms with Crippen LogP contribution in [0.3, 0.4) is 0 Å². The molecule has 0 aliphatic rings. The Balaban J connectivity index is 1.43. The molecule has 0 spiro atoms. The van der Waals surface area contributed by atoms with Crippen molar-refractivity contribution >= 4 is 34.1 Å². The standard InChI is InChI=1S/C21H16FN5O/c22-16-7-1-4-14(12-16)13-20(28)25-19-10-9-18(26-27-19)24-17-8-2-5-15-6-3-11-23-21(15)17/h1-12H,13H2,(H,24,26)(H,25,27,28). The number of rotatable bonds is 5. The molecule has 0 aliphatic heterocycles. The summed E-state index contributed by atoms with van der Waals surface area (Å²) in [5, 5.41) is 15.0. The molecule has 2 N–H and O–H groups in total. The summed E-state index contributed by atoms with van der Waals surface area (Å²) in [6.45, 7) is 0. The highest BCUT2D eigenvalue weighted by molar-refractivity contribution is 5.92. The van der Waals surface area contributed by atoms with Crippen LogP contribution in [0.4, 0.5) is 21.7 Å². The highest BCUT2D eigenvalue weighted by Gasteiger charge is 2.07. The van der Waals surface area contributed by atoms with Crippen LogP contribution in [-0.2, 0) is 11.2 Å². The van der Waals surface area contributed by atoms with E-state index in [2.05, 4.69) is 25.8 Å². The molecule has 2 aromatic carbocycles. The van der Waals surface area contributed by atoms with Crippen LogP contribution in [0.2, 0.25) is 0 Å². The van der Waals surface area contributed by atoms with Crippen molar-refractivity contribution in [2.24, 2.45) is 0 Å². The van der Waals surface area contributed by atoms with Crippen molar-refractivity contribution in [3.63, 3.8) is 0 Å². The van der Waals surface area contributed by atoms with E-state index >= 15 is 0 Å². The highest BCUT2D eigenvalue weighted by atomic mass is 19.1. The number of aromatic nitrogens is 3. The SMILES string of the molecule is O=C(Cc1cccc(F)c1)Nc1ccc(Nc2cccc3cccnc23)nn1. The monoisotopic (exact) mass is 373 g/mol. The number of hydrogen-bond acceptors (Lipinski definition) is 5. The predicted octanol–water partition coefficient (Wildman–Crippen LogP) is 4.09. The molecular weight excluding hydrogens is 357 g/mol. The van der Waals surface area contributed by atoms with Gasteiger partial charge in [-0.2, -0.15) is 0 Å². The number of anilines is 3. The molecule has 6 nitrogen and oxygen atoms in total. The van der Waals surface area contributed by atoms with Gasteiger partial charge in [-0.05, 0) is 42.0 Å².